The topological polar surface area (TPSA) is 78.9 Å². The van der Waals surface area contributed by atoms with E-state index in [9.17, 15) is 14.7 Å². The van der Waals surface area contributed by atoms with Crippen LogP contribution in [-0.2, 0) is 16.0 Å². The number of carbonyl (C=O) groups is 2. The first kappa shape index (κ1) is 17.7. The summed E-state index contributed by atoms with van der Waals surface area (Å²) in [6, 6.07) is 5.80. The van der Waals surface area contributed by atoms with Crippen molar-refractivity contribution >= 4 is 17.6 Å². The van der Waals surface area contributed by atoms with Crippen LogP contribution in [0, 0.1) is 5.41 Å². The average Bonchev–Trinajstić information content (AvgIpc) is 2.65. The highest BCUT2D eigenvalue weighted by Gasteiger charge is 2.43. The summed E-state index contributed by atoms with van der Waals surface area (Å²) in [6.07, 6.45) is 3.74. The van der Waals surface area contributed by atoms with Crippen LogP contribution in [0.25, 0.3) is 0 Å². The van der Waals surface area contributed by atoms with E-state index >= 15 is 0 Å². The van der Waals surface area contributed by atoms with Crippen LogP contribution < -0.4 is 5.32 Å². The Morgan fingerprint density at radius 2 is 2.20 bits per heavy atom. The van der Waals surface area contributed by atoms with Crippen molar-refractivity contribution in [2.45, 2.75) is 32.1 Å². The molecule has 2 heterocycles. The molecule has 0 radical (unpaired) electrons. The lowest BCUT2D eigenvalue weighted by Gasteiger charge is -2.40. The number of hydrogen-bond acceptors (Lipinski definition) is 4. The third-order valence-corrected chi connectivity index (χ3v) is 5.41. The molecule has 1 fully saturated rings. The predicted molar refractivity (Wildman–Crippen MR) is 95.0 cm³/mol. The van der Waals surface area contributed by atoms with Crippen LogP contribution in [0.3, 0.4) is 0 Å². The van der Waals surface area contributed by atoms with Crippen molar-refractivity contribution in [1.82, 2.24) is 4.90 Å². The first-order valence-corrected chi connectivity index (χ1v) is 8.95. The number of carbonyl (C=O) groups excluding carboxylic acids is 1. The Hall–Kier alpha value is -2.08. The Balaban J connectivity index is 1.84. The summed E-state index contributed by atoms with van der Waals surface area (Å²) in [6.45, 7) is 2.10. The van der Waals surface area contributed by atoms with Crippen LogP contribution >= 0.6 is 0 Å². The number of nitrogens with zero attached hydrogens (tertiary/aromatic N) is 1. The second-order valence-electron chi connectivity index (χ2n) is 7.03. The molecule has 1 amide bonds. The minimum absolute atomic E-state index is 0.0750. The molecule has 1 atom stereocenters. The Bertz CT molecular complexity index is 661. The van der Waals surface area contributed by atoms with Crippen LogP contribution in [0.1, 0.15) is 41.6 Å². The molecule has 0 bridgehead atoms. The first-order chi connectivity index (χ1) is 12.1. The number of nitrogens with one attached hydrogen (secondary N) is 1. The van der Waals surface area contributed by atoms with Gasteiger partial charge in [0, 0.05) is 33.4 Å². The zero-order valence-electron chi connectivity index (χ0n) is 14.7. The van der Waals surface area contributed by atoms with Crippen molar-refractivity contribution in [3.05, 3.63) is 29.3 Å². The van der Waals surface area contributed by atoms with Gasteiger partial charge in [-0.25, -0.2) is 0 Å². The van der Waals surface area contributed by atoms with Gasteiger partial charge in [0.15, 0.2) is 0 Å². The molecule has 2 N–H and O–H groups in total. The maximum absolute atomic E-state index is 13.1. The van der Waals surface area contributed by atoms with E-state index in [1.165, 1.54) is 0 Å². The third-order valence-electron chi connectivity index (χ3n) is 5.41. The minimum Gasteiger partial charge on any atom is -0.481 e. The number of benzene rings is 1. The highest BCUT2D eigenvalue weighted by molar-refractivity contribution is 6.00. The molecule has 6 heteroatoms. The van der Waals surface area contributed by atoms with Crippen LogP contribution in [0.15, 0.2) is 18.2 Å². The van der Waals surface area contributed by atoms with Gasteiger partial charge in [0.1, 0.15) is 0 Å². The fraction of sp³-hybridized carbons (Fsp3) is 0.579. The largest absolute Gasteiger partial charge is 0.481 e. The number of piperidine rings is 1. The zero-order chi connectivity index (χ0) is 17.9. The lowest BCUT2D eigenvalue weighted by Crippen LogP contribution is -2.50. The van der Waals surface area contributed by atoms with Gasteiger partial charge in [-0.15, -0.1) is 0 Å². The van der Waals surface area contributed by atoms with E-state index in [-0.39, 0.29) is 12.5 Å². The molecular formula is C19H26N2O4. The molecule has 2 aliphatic rings. The molecular weight excluding hydrogens is 320 g/mol. The molecule has 1 aromatic rings. The van der Waals surface area contributed by atoms with Crippen molar-refractivity contribution in [3.63, 3.8) is 0 Å². The number of methoxy groups -OCH3 is 1. The van der Waals surface area contributed by atoms with Gasteiger partial charge < -0.3 is 20.1 Å². The van der Waals surface area contributed by atoms with Gasteiger partial charge in [-0.3, -0.25) is 9.59 Å². The van der Waals surface area contributed by atoms with Crippen molar-refractivity contribution < 1.29 is 19.4 Å². The molecule has 3 rings (SSSR count). The lowest BCUT2D eigenvalue weighted by atomic mass is 9.77. The molecule has 1 unspecified atom stereocenters. The van der Waals surface area contributed by atoms with E-state index in [0.29, 0.717) is 38.0 Å². The van der Waals surface area contributed by atoms with E-state index in [2.05, 4.69) is 11.4 Å². The highest BCUT2D eigenvalue weighted by atomic mass is 16.5. The molecule has 1 aromatic carbocycles. The fourth-order valence-corrected chi connectivity index (χ4v) is 3.95. The summed E-state index contributed by atoms with van der Waals surface area (Å²) in [5, 5.41) is 13.1. The van der Waals surface area contributed by atoms with Crippen molar-refractivity contribution in [1.29, 1.82) is 0 Å². The lowest BCUT2D eigenvalue weighted by molar-refractivity contribution is -0.153. The van der Waals surface area contributed by atoms with E-state index < -0.39 is 11.4 Å². The predicted octanol–water partition coefficient (Wildman–Crippen LogP) is 2.39. The smallest absolute Gasteiger partial charge is 0.311 e. The van der Waals surface area contributed by atoms with Crippen LogP contribution in [-0.4, -0.2) is 55.2 Å². The summed E-state index contributed by atoms with van der Waals surface area (Å²) in [7, 11) is 1.57. The number of aryl methyl sites for hydroxylation is 1. The number of carboxylic acid groups (broad SMARTS) is 1. The molecule has 0 aliphatic carbocycles. The summed E-state index contributed by atoms with van der Waals surface area (Å²) in [4.78, 5) is 26.7. The number of ether oxygens (including phenoxy) is 1. The average molecular weight is 346 g/mol. The number of anilines is 1. The maximum Gasteiger partial charge on any atom is 0.311 e. The summed E-state index contributed by atoms with van der Waals surface area (Å²) < 4.78 is 5.10. The molecule has 0 spiro atoms. The van der Waals surface area contributed by atoms with Gasteiger partial charge in [0.2, 0.25) is 0 Å². The van der Waals surface area contributed by atoms with Gasteiger partial charge in [0.25, 0.3) is 5.91 Å². The number of likely N-dealkylation sites (tertiary alicyclic amines) is 1. The summed E-state index contributed by atoms with van der Waals surface area (Å²) in [5.74, 6) is -0.913. The quantitative estimate of drug-likeness (QED) is 0.856. The molecule has 1 saturated heterocycles. The van der Waals surface area contributed by atoms with Gasteiger partial charge in [0.05, 0.1) is 16.7 Å². The monoisotopic (exact) mass is 346 g/mol. The van der Waals surface area contributed by atoms with E-state index in [0.717, 1.165) is 30.6 Å². The third kappa shape index (κ3) is 3.49. The van der Waals surface area contributed by atoms with Gasteiger partial charge in [-0.05, 0) is 43.7 Å². The molecule has 0 aromatic heterocycles. The second-order valence-corrected chi connectivity index (χ2v) is 7.03. The Kier molecular flexibility index (Phi) is 5.27. The number of hydrogen-bond donors (Lipinski definition) is 2. The van der Waals surface area contributed by atoms with Crippen molar-refractivity contribution in [3.8, 4) is 0 Å². The zero-order valence-corrected chi connectivity index (χ0v) is 14.7. The maximum atomic E-state index is 13.1. The van der Waals surface area contributed by atoms with E-state index in [1.54, 1.807) is 12.0 Å². The SMILES string of the molecule is COCCC1(C(=O)O)CCCN(C(=O)c2cccc3c2NCCC3)C1. The highest BCUT2D eigenvalue weighted by Crippen LogP contribution is 2.36. The van der Waals surface area contributed by atoms with Crippen molar-refractivity contribution in [2.75, 3.05) is 38.7 Å². The van der Waals surface area contributed by atoms with Crippen LogP contribution in [0.5, 0.6) is 0 Å². The van der Waals surface area contributed by atoms with Gasteiger partial charge in [-0.1, -0.05) is 12.1 Å². The number of rotatable bonds is 5. The second kappa shape index (κ2) is 7.44. The van der Waals surface area contributed by atoms with Crippen molar-refractivity contribution in [2.24, 2.45) is 5.41 Å². The number of aliphatic carboxylic acids is 1. The number of para-hydroxylation sites is 1. The number of amides is 1. The number of carboxylic acids is 1. The van der Waals surface area contributed by atoms with Gasteiger partial charge >= 0.3 is 5.97 Å². The summed E-state index contributed by atoms with van der Waals surface area (Å²) >= 11 is 0. The van der Waals surface area contributed by atoms with Crippen LogP contribution in [0.4, 0.5) is 5.69 Å². The standard InChI is InChI=1S/C19H26N2O4/c1-25-12-9-19(18(23)24)8-4-11-21(13-19)17(22)15-7-2-5-14-6-3-10-20-16(14)15/h2,5,7,20H,3-4,6,8-13H2,1H3,(H,23,24). The van der Waals surface area contributed by atoms with Gasteiger partial charge in [-0.2, -0.15) is 0 Å². The summed E-state index contributed by atoms with van der Waals surface area (Å²) in [5.41, 5.74) is 1.83. The molecule has 25 heavy (non-hydrogen) atoms. The minimum atomic E-state index is -0.911. The molecule has 136 valence electrons. The molecule has 0 saturated carbocycles. The normalized spacial score (nSPS) is 22.8. The number of fused-ring (bicyclic) bond motifs is 1. The Labute approximate surface area is 148 Å². The molecule has 2 aliphatic heterocycles. The van der Waals surface area contributed by atoms with Crippen LogP contribution in [0.2, 0.25) is 0 Å². The van der Waals surface area contributed by atoms with E-state index in [4.69, 9.17) is 4.74 Å². The fourth-order valence-electron chi connectivity index (χ4n) is 3.95. The molecule has 6 nitrogen and oxygen atoms in total. The Morgan fingerprint density at radius 3 is 2.96 bits per heavy atom. The van der Waals surface area contributed by atoms with E-state index in [1.807, 2.05) is 12.1 Å². The first-order valence-electron chi connectivity index (χ1n) is 8.95. The Morgan fingerprint density at radius 1 is 1.36 bits per heavy atom.